The van der Waals surface area contributed by atoms with Crippen molar-refractivity contribution < 1.29 is 23.9 Å². The number of hydrogen-bond acceptors (Lipinski definition) is 5. The second-order valence-corrected chi connectivity index (χ2v) is 8.16. The number of fused-ring (bicyclic) bond motifs is 2. The quantitative estimate of drug-likeness (QED) is 0.287. The highest BCUT2D eigenvalue weighted by Crippen LogP contribution is 2.26. The van der Waals surface area contributed by atoms with Crippen LogP contribution in [0.15, 0.2) is 72.9 Å². The second-order valence-electron chi connectivity index (χ2n) is 8.16. The molecule has 36 heavy (non-hydrogen) atoms. The van der Waals surface area contributed by atoms with Gasteiger partial charge in [-0.3, -0.25) is 34.9 Å². The van der Waals surface area contributed by atoms with Crippen LogP contribution in [0.4, 0.5) is 0 Å². The fraction of sp³-hybridized carbons (Fsp3) is 0.111. The van der Waals surface area contributed by atoms with Gasteiger partial charge >= 0.3 is 0 Å². The number of carbonyl (C=O) groups is 4. The van der Waals surface area contributed by atoms with E-state index >= 15 is 0 Å². The molecule has 0 saturated carbocycles. The highest BCUT2D eigenvalue weighted by molar-refractivity contribution is 6.21. The summed E-state index contributed by atoms with van der Waals surface area (Å²) in [7, 11) is 0. The van der Waals surface area contributed by atoms with Crippen LogP contribution in [0.1, 0.15) is 53.9 Å². The first-order chi connectivity index (χ1) is 17.5. The molecule has 4 aromatic rings. The number of H-pyrrole nitrogens is 1. The number of imide groups is 1. The number of ether oxygens (including phenoxy) is 1. The van der Waals surface area contributed by atoms with Gasteiger partial charge in [0.25, 0.3) is 23.6 Å². The van der Waals surface area contributed by atoms with Crippen LogP contribution in [0.25, 0.3) is 10.9 Å². The molecule has 0 fully saturated rings. The van der Waals surface area contributed by atoms with Crippen molar-refractivity contribution >= 4 is 34.5 Å². The number of nitrogens with zero attached hydrogens (tertiary/aromatic N) is 1. The molecule has 5 rings (SSSR count). The molecule has 1 aliphatic heterocycles. The standard InChI is InChI=1S/C27H22N4O5/c1-2-36-23-12-11-16(15-31-26(34)18-8-3-4-9-19(18)27(31)35)13-20(23)24(32)29-30-25(33)21-14-28-22-10-6-5-7-17(21)22/h3-14,28H,2,15H2,1H3,(H,29,32)(H,30,33). The van der Waals surface area contributed by atoms with Gasteiger partial charge in [0.2, 0.25) is 0 Å². The largest absolute Gasteiger partial charge is 0.493 e. The van der Waals surface area contributed by atoms with Crippen molar-refractivity contribution in [3.63, 3.8) is 0 Å². The number of rotatable bonds is 6. The molecule has 0 bridgehead atoms. The number of aromatic nitrogens is 1. The maximum atomic E-state index is 13.0. The molecule has 0 radical (unpaired) electrons. The molecule has 2 heterocycles. The second kappa shape index (κ2) is 9.38. The number of para-hydroxylation sites is 1. The minimum atomic E-state index is -0.601. The van der Waals surface area contributed by atoms with Gasteiger partial charge in [0.1, 0.15) is 5.75 Å². The summed E-state index contributed by atoms with van der Waals surface area (Å²) in [6, 6.07) is 18.8. The van der Waals surface area contributed by atoms with Gasteiger partial charge in [-0.15, -0.1) is 0 Å². The van der Waals surface area contributed by atoms with Crippen molar-refractivity contribution in [2.24, 2.45) is 0 Å². The minimum absolute atomic E-state index is 0.0132. The zero-order chi connectivity index (χ0) is 25.2. The zero-order valence-corrected chi connectivity index (χ0v) is 19.3. The predicted molar refractivity (Wildman–Crippen MR) is 131 cm³/mol. The van der Waals surface area contributed by atoms with Crippen molar-refractivity contribution in [3.8, 4) is 5.75 Å². The average Bonchev–Trinajstić information content (AvgIpc) is 3.43. The summed E-state index contributed by atoms with van der Waals surface area (Å²) < 4.78 is 5.59. The monoisotopic (exact) mass is 482 g/mol. The van der Waals surface area contributed by atoms with E-state index in [1.165, 1.54) is 0 Å². The molecule has 0 unspecified atom stereocenters. The van der Waals surface area contributed by atoms with Crippen LogP contribution >= 0.6 is 0 Å². The highest BCUT2D eigenvalue weighted by atomic mass is 16.5. The Bertz CT molecular complexity index is 1490. The lowest BCUT2D eigenvalue weighted by Gasteiger charge is -2.16. The van der Waals surface area contributed by atoms with Crippen molar-refractivity contribution in [3.05, 3.63) is 101 Å². The Morgan fingerprint density at radius 3 is 2.19 bits per heavy atom. The van der Waals surface area contributed by atoms with Crippen molar-refractivity contribution in [2.75, 3.05) is 6.61 Å². The Morgan fingerprint density at radius 2 is 1.50 bits per heavy atom. The van der Waals surface area contributed by atoms with Crippen LogP contribution in [0.3, 0.4) is 0 Å². The van der Waals surface area contributed by atoms with Gasteiger partial charge in [-0.1, -0.05) is 36.4 Å². The average molecular weight is 482 g/mol. The molecule has 9 nitrogen and oxygen atoms in total. The van der Waals surface area contributed by atoms with E-state index in [4.69, 9.17) is 4.74 Å². The van der Waals surface area contributed by atoms with E-state index in [9.17, 15) is 19.2 Å². The van der Waals surface area contributed by atoms with Crippen molar-refractivity contribution in [1.29, 1.82) is 0 Å². The van der Waals surface area contributed by atoms with Gasteiger partial charge in [-0.25, -0.2) is 0 Å². The van der Waals surface area contributed by atoms with Crippen LogP contribution in [-0.2, 0) is 6.54 Å². The fourth-order valence-corrected chi connectivity index (χ4v) is 4.21. The van der Waals surface area contributed by atoms with Gasteiger partial charge in [0.15, 0.2) is 0 Å². The number of amides is 4. The lowest BCUT2D eigenvalue weighted by atomic mass is 10.1. The van der Waals surface area contributed by atoms with Crippen LogP contribution < -0.4 is 15.6 Å². The zero-order valence-electron chi connectivity index (χ0n) is 19.3. The highest BCUT2D eigenvalue weighted by Gasteiger charge is 2.35. The summed E-state index contributed by atoms with van der Waals surface area (Å²) in [6.45, 7) is 2.09. The number of aromatic amines is 1. The van der Waals surface area contributed by atoms with Gasteiger partial charge in [0.05, 0.1) is 35.4 Å². The first-order valence-electron chi connectivity index (χ1n) is 11.4. The molecule has 1 aromatic heterocycles. The van der Waals surface area contributed by atoms with E-state index in [1.54, 1.807) is 61.7 Å². The molecule has 3 N–H and O–H groups in total. The van der Waals surface area contributed by atoms with E-state index in [0.717, 1.165) is 15.8 Å². The smallest absolute Gasteiger partial charge is 0.273 e. The Kier molecular flexibility index (Phi) is 5.95. The number of hydrazine groups is 1. The van der Waals surface area contributed by atoms with Crippen LogP contribution in [0, 0.1) is 0 Å². The number of benzene rings is 3. The lowest BCUT2D eigenvalue weighted by molar-refractivity contribution is 0.0642. The Morgan fingerprint density at radius 1 is 0.861 bits per heavy atom. The van der Waals surface area contributed by atoms with E-state index in [0.29, 0.717) is 34.6 Å². The molecule has 1 aliphatic rings. The molecular weight excluding hydrogens is 460 g/mol. The molecule has 0 atom stereocenters. The van der Waals surface area contributed by atoms with Crippen LogP contribution in [0.2, 0.25) is 0 Å². The summed E-state index contributed by atoms with van der Waals surface area (Å²) in [6.07, 6.45) is 1.57. The molecule has 0 spiro atoms. The molecule has 0 aliphatic carbocycles. The first kappa shape index (κ1) is 22.9. The molecule has 180 valence electrons. The third-order valence-electron chi connectivity index (χ3n) is 5.93. The van der Waals surface area contributed by atoms with E-state index in [1.807, 2.05) is 18.2 Å². The maximum Gasteiger partial charge on any atom is 0.273 e. The summed E-state index contributed by atoms with van der Waals surface area (Å²) >= 11 is 0. The topological polar surface area (TPSA) is 121 Å². The Balaban J connectivity index is 1.34. The molecule has 0 saturated heterocycles. The lowest BCUT2D eigenvalue weighted by Crippen LogP contribution is -2.41. The van der Waals surface area contributed by atoms with Gasteiger partial charge in [0, 0.05) is 17.1 Å². The van der Waals surface area contributed by atoms with E-state index < -0.39 is 11.8 Å². The predicted octanol–water partition coefficient (Wildman–Crippen LogP) is 3.44. The number of hydrogen-bond donors (Lipinski definition) is 3. The maximum absolute atomic E-state index is 13.0. The normalized spacial score (nSPS) is 12.5. The number of nitrogens with one attached hydrogen (secondary N) is 3. The van der Waals surface area contributed by atoms with E-state index in [2.05, 4.69) is 15.8 Å². The van der Waals surface area contributed by atoms with Gasteiger partial charge in [-0.05, 0) is 42.8 Å². The Labute approximate surface area is 206 Å². The molecule has 3 aromatic carbocycles. The van der Waals surface area contributed by atoms with Crippen LogP contribution in [-0.4, -0.2) is 40.1 Å². The third-order valence-corrected chi connectivity index (χ3v) is 5.93. The molecular formula is C27H22N4O5. The summed E-state index contributed by atoms with van der Waals surface area (Å²) in [4.78, 5) is 55.3. The summed E-state index contributed by atoms with van der Waals surface area (Å²) in [5, 5.41) is 0.724. The molecule has 4 amide bonds. The SMILES string of the molecule is CCOc1ccc(CN2C(=O)c3ccccc3C2=O)cc1C(=O)NNC(=O)c1c[nH]c2ccccc12. The van der Waals surface area contributed by atoms with Gasteiger partial charge < -0.3 is 9.72 Å². The minimum Gasteiger partial charge on any atom is -0.493 e. The molecule has 9 heteroatoms. The fourth-order valence-electron chi connectivity index (χ4n) is 4.21. The first-order valence-corrected chi connectivity index (χ1v) is 11.4. The van der Waals surface area contributed by atoms with Crippen molar-refractivity contribution in [1.82, 2.24) is 20.7 Å². The summed E-state index contributed by atoms with van der Waals surface area (Å²) in [5.74, 6) is -1.55. The van der Waals surface area contributed by atoms with Crippen molar-refractivity contribution in [2.45, 2.75) is 13.5 Å². The Hall–Kier alpha value is -4.92. The van der Waals surface area contributed by atoms with E-state index in [-0.39, 0.29) is 23.9 Å². The third kappa shape index (κ3) is 4.07. The number of carbonyl (C=O) groups excluding carboxylic acids is 4. The van der Waals surface area contributed by atoms with Gasteiger partial charge in [-0.2, -0.15) is 0 Å². The summed E-state index contributed by atoms with van der Waals surface area (Å²) in [5.41, 5.74) is 7.46. The van der Waals surface area contributed by atoms with Crippen LogP contribution in [0.5, 0.6) is 5.75 Å².